The van der Waals surface area contributed by atoms with E-state index in [1.54, 1.807) is 0 Å². The van der Waals surface area contributed by atoms with E-state index in [-0.39, 0.29) is 6.04 Å². The molecule has 0 fully saturated rings. The maximum atomic E-state index is 12.1. The zero-order chi connectivity index (χ0) is 20.5. The predicted molar refractivity (Wildman–Crippen MR) is 118 cm³/mol. The van der Waals surface area contributed by atoms with Crippen molar-refractivity contribution in [3.8, 4) is 0 Å². The molecule has 146 valence electrons. The number of nitrogens with zero attached hydrogens (tertiary/aromatic N) is 1. The molecule has 2 N–H and O–H groups in total. The molecule has 3 aromatic carbocycles. The smallest absolute Gasteiger partial charge is 0.272 e. The monoisotopic (exact) mass is 384 g/mol. The summed E-state index contributed by atoms with van der Waals surface area (Å²) in [5.74, 6) is -0.528. The van der Waals surface area contributed by atoms with Crippen molar-refractivity contribution in [1.82, 2.24) is 5.32 Å². The molecule has 0 aromatic heterocycles. The Balaban J connectivity index is 1.55. The van der Waals surface area contributed by atoms with Crippen LogP contribution in [0.4, 0.5) is 0 Å². The highest BCUT2D eigenvalue weighted by Gasteiger charge is 2.16. The van der Waals surface area contributed by atoms with Gasteiger partial charge in [0.15, 0.2) is 0 Å². The third-order valence-electron chi connectivity index (χ3n) is 4.46. The van der Waals surface area contributed by atoms with E-state index >= 15 is 0 Å². The van der Waals surface area contributed by atoms with Crippen molar-refractivity contribution in [3.63, 3.8) is 0 Å². The lowest BCUT2D eigenvalue weighted by Gasteiger charge is -2.15. The second kappa shape index (κ2) is 10.2. The van der Waals surface area contributed by atoms with Crippen LogP contribution in [0.25, 0.3) is 12.2 Å². The normalized spacial score (nSPS) is 13.4. The fraction of sp³-hybridized carbons (Fsp3) is 0.120. The molecule has 3 aromatic rings. The highest BCUT2D eigenvalue weighted by atomic mass is 16.3. The van der Waals surface area contributed by atoms with Gasteiger partial charge in [0.2, 0.25) is 6.23 Å². The van der Waals surface area contributed by atoms with Crippen molar-refractivity contribution in [2.45, 2.75) is 19.2 Å². The Bertz CT molecular complexity index is 965. The van der Waals surface area contributed by atoms with Gasteiger partial charge in [0, 0.05) is 6.21 Å². The topological polar surface area (TPSA) is 61.7 Å². The molecule has 0 saturated carbocycles. The summed E-state index contributed by atoms with van der Waals surface area (Å²) in [5, 5.41) is 12.8. The summed E-state index contributed by atoms with van der Waals surface area (Å²) in [6, 6.07) is 27.2. The number of carbonyl (C=O) groups excluding carboxylic acids is 1. The van der Waals surface area contributed by atoms with E-state index in [2.05, 4.69) is 10.3 Å². The standard InChI is InChI=1S/C25H24N2O2/c1-19(23-10-6-3-7-11-23)27-25(29)24(28)26-18-22-16-14-21(15-17-22)13-12-20-8-4-2-5-9-20/h2-19,24,28H,1H3,(H,27,29)/b13-12+,26-18?. The Kier molecular flexibility index (Phi) is 7.09. The predicted octanol–water partition coefficient (Wildman–Crippen LogP) is 4.47. The molecule has 0 spiro atoms. The molecule has 29 heavy (non-hydrogen) atoms. The maximum absolute atomic E-state index is 12.1. The quantitative estimate of drug-likeness (QED) is 0.466. The average molecular weight is 384 g/mol. The first-order chi connectivity index (χ1) is 14.1. The number of aliphatic hydroxyl groups is 1. The van der Waals surface area contributed by atoms with Crippen LogP contribution in [0.1, 0.15) is 35.2 Å². The average Bonchev–Trinajstić information content (AvgIpc) is 2.78. The highest BCUT2D eigenvalue weighted by molar-refractivity contribution is 5.86. The van der Waals surface area contributed by atoms with Gasteiger partial charge in [-0.2, -0.15) is 0 Å². The van der Waals surface area contributed by atoms with Crippen LogP contribution in [0.5, 0.6) is 0 Å². The highest BCUT2D eigenvalue weighted by Crippen LogP contribution is 2.12. The van der Waals surface area contributed by atoms with Gasteiger partial charge in [0.25, 0.3) is 5.91 Å². The third kappa shape index (κ3) is 6.26. The molecule has 0 aliphatic heterocycles. The first-order valence-electron chi connectivity index (χ1n) is 9.51. The van der Waals surface area contributed by atoms with Gasteiger partial charge in [-0.15, -0.1) is 0 Å². The van der Waals surface area contributed by atoms with E-state index in [4.69, 9.17) is 0 Å². The Morgan fingerprint density at radius 1 is 0.828 bits per heavy atom. The molecule has 0 bridgehead atoms. The minimum absolute atomic E-state index is 0.204. The zero-order valence-corrected chi connectivity index (χ0v) is 16.3. The molecular formula is C25H24N2O2. The van der Waals surface area contributed by atoms with Crippen molar-refractivity contribution in [2.75, 3.05) is 0 Å². The number of benzene rings is 3. The van der Waals surface area contributed by atoms with Gasteiger partial charge in [-0.25, -0.2) is 0 Å². The number of carbonyl (C=O) groups is 1. The summed E-state index contributed by atoms with van der Waals surface area (Å²) in [4.78, 5) is 16.1. The second-order valence-corrected chi connectivity index (χ2v) is 6.70. The minimum atomic E-state index is -1.45. The van der Waals surface area contributed by atoms with Crippen LogP contribution in [-0.2, 0) is 4.79 Å². The Labute approximate surface area is 171 Å². The van der Waals surface area contributed by atoms with Crippen LogP contribution in [-0.4, -0.2) is 23.5 Å². The molecular weight excluding hydrogens is 360 g/mol. The summed E-state index contributed by atoms with van der Waals surface area (Å²) in [6.07, 6.45) is 4.13. The fourth-order valence-corrected chi connectivity index (χ4v) is 2.79. The number of nitrogens with one attached hydrogen (secondary N) is 1. The van der Waals surface area contributed by atoms with E-state index in [9.17, 15) is 9.90 Å². The Hall–Kier alpha value is -3.50. The van der Waals surface area contributed by atoms with E-state index in [0.29, 0.717) is 0 Å². The molecule has 4 heteroatoms. The second-order valence-electron chi connectivity index (χ2n) is 6.70. The molecule has 1 amide bonds. The van der Waals surface area contributed by atoms with Crippen molar-refractivity contribution in [3.05, 3.63) is 107 Å². The minimum Gasteiger partial charge on any atom is -0.364 e. The summed E-state index contributed by atoms with van der Waals surface area (Å²) < 4.78 is 0. The van der Waals surface area contributed by atoms with Gasteiger partial charge in [-0.1, -0.05) is 97.1 Å². The molecule has 0 radical (unpaired) electrons. The van der Waals surface area contributed by atoms with E-state index in [1.165, 1.54) is 6.21 Å². The maximum Gasteiger partial charge on any atom is 0.272 e. The van der Waals surface area contributed by atoms with Gasteiger partial charge in [-0.05, 0) is 29.2 Å². The fourth-order valence-electron chi connectivity index (χ4n) is 2.79. The molecule has 2 atom stereocenters. The van der Waals surface area contributed by atoms with Crippen LogP contribution in [0, 0.1) is 0 Å². The number of hydrogen-bond acceptors (Lipinski definition) is 3. The van der Waals surface area contributed by atoms with Crippen LogP contribution in [0.2, 0.25) is 0 Å². The third-order valence-corrected chi connectivity index (χ3v) is 4.46. The lowest BCUT2D eigenvalue weighted by atomic mass is 10.1. The van der Waals surface area contributed by atoms with Crippen molar-refractivity contribution in [1.29, 1.82) is 0 Å². The van der Waals surface area contributed by atoms with Crippen molar-refractivity contribution >= 4 is 24.3 Å². The lowest BCUT2D eigenvalue weighted by Crippen LogP contribution is -2.35. The van der Waals surface area contributed by atoms with Gasteiger partial charge in [0.1, 0.15) is 0 Å². The molecule has 0 aliphatic carbocycles. The molecule has 0 aliphatic rings. The number of amides is 1. The first kappa shape index (κ1) is 20.2. The number of aliphatic hydroxyl groups excluding tert-OH is 1. The Morgan fingerprint density at radius 2 is 1.34 bits per heavy atom. The molecule has 0 saturated heterocycles. The number of rotatable bonds is 7. The first-order valence-corrected chi connectivity index (χ1v) is 9.51. The summed E-state index contributed by atoms with van der Waals surface area (Å²) >= 11 is 0. The van der Waals surface area contributed by atoms with Gasteiger partial charge in [0.05, 0.1) is 6.04 Å². The van der Waals surface area contributed by atoms with Gasteiger partial charge < -0.3 is 10.4 Å². The zero-order valence-electron chi connectivity index (χ0n) is 16.3. The van der Waals surface area contributed by atoms with Crippen molar-refractivity contribution in [2.24, 2.45) is 4.99 Å². The van der Waals surface area contributed by atoms with E-state index in [1.807, 2.05) is 104 Å². The van der Waals surface area contributed by atoms with Crippen molar-refractivity contribution < 1.29 is 9.90 Å². The van der Waals surface area contributed by atoms with Crippen LogP contribution < -0.4 is 5.32 Å². The van der Waals surface area contributed by atoms with Gasteiger partial charge in [-0.3, -0.25) is 9.79 Å². The van der Waals surface area contributed by atoms with E-state index in [0.717, 1.165) is 22.3 Å². The summed E-state index contributed by atoms with van der Waals surface area (Å²) in [6.45, 7) is 1.87. The molecule has 2 unspecified atom stereocenters. The van der Waals surface area contributed by atoms with Gasteiger partial charge >= 0.3 is 0 Å². The lowest BCUT2D eigenvalue weighted by molar-refractivity contribution is -0.129. The SMILES string of the molecule is CC(NC(=O)C(O)N=Cc1ccc(/C=C/c2ccccc2)cc1)c1ccccc1. The largest absolute Gasteiger partial charge is 0.364 e. The molecule has 0 heterocycles. The Morgan fingerprint density at radius 3 is 1.97 bits per heavy atom. The number of hydrogen-bond donors (Lipinski definition) is 2. The van der Waals surface area contributed by atoms with Crippen LogP contribution in [0.3, 0.4) is 0 Å². The van der Waals surface area contributed by atoms with E-state index < -0.39 is 12.1 Å². The van der Waals surface area contributed by atoms with Crippen LogP contribution >= 0.6 is 0 Å². The summed E-state index contributed by atoms with van der Waals surface area (Å²) in [7, 11) is 0. The summed E-state index contributed by atoms with van der Waals surface area (Å²) in [5.41, 5.74) is 3.97. The van der Waals surface area contributed by atoms with Crippen LogP contribution in [0.15, 0.2) is 89.9 Å². The number of aliphatic imine (C=N–C) groups is 1. The molecule has 4 nitrogen and oxygen atoms in total. The molecule has 3 rings (SSSR count).